The van der Waals surface area contributed by atoms with Crippen LogP contribution in [-0.4, -0.2) is 40.4 Å². The molecular formula is C10H16N6O. The summed E-state index contributed by atoms with van der Waals surface area (Å²) in [4.78, 5) is 20.9. The lowest BCUT2D eigenvalue weighted by atomic mass is 10.1. The molecule has 1 saturated heterocycles. The Morgan fingerprint density at radius 2 is 2.24 bits per heavy atom. The molecule has 0 aromatic carbocycles. The van der Waals surface area contributed by atoms with Crippen molar-refractivity contribution in [2.45, 2.75) is 18.9 Å². The van der Waals surface area contributed by atoms with E-state index in [2.05, 4.69) is 15.3 Å². The van der Waals surface area contributed by atoms with Gasteiger partial charge in [0, 0.05) is 32.1 Å². The number of likely N-dealkylation sites (tertiary alicyclic amines) is 1. The molecule has 5 N–H and O–H groups in total. The molecule has 1 aromatic heterocycles. The highest BCUT2D eigenvalue weighted by molar-refractivity contribution is 5.77. The molecule has 1 aliphatic heterocycles. The third kappa shape index (κ3) is 2.74. The number of hydrogen-bond acceptors (Lipinski definition) is 6. The lowest BCUT2D eigenvalue weighted by Crippen LogP contribution is -2.43. The van der Waals surface area contributed by atoms with E-state index in [1.807, 2.05) is 0 Å². The first-order valence-corrected chi connectivity index (χ1v) is 5.45. The Bertz CT molecular complexity index is 415. The van der Waals surface area contributed by atoms with Gasteiger partial charge in [-0.3, -0.25) is 4.79 Å². The Kier molecular flexibility index (Phi) is 2.99. The van der Waals surface area contributed by atoms with Crippen LogP contribution in [0.25, 0.3) is 0 Å². The number of nitrogens with two attached hydrogens (primary N) is 2. The van der Waals surface area contributed by atoms with Gasteiger partial charge in [0.1, 0.15) is 11.6 Å². The minimum atomic E-state index is 0.146. The molecule has 92 valence electrons. The van der Waals surface area contributed by atoms with Crippen LogP contribution >= 0.6 is 0 Å². The first-order valence-electron chi connectivity index (χ1n) is 5.45. The van der Waals surface area contributed by atoms with Crippen molar-refractivity contribution < 1.29 is 4.79 Å². The molecule has 0 radical (unpaired) electrons. The predicted molar refractivity (Wildman–Crippen MR) is 65.1 cm³/mol. The van der Waals surface area contributed by atoms with Crippen molar-refractivity contribution in [2.24, 2.45) is 0 Å². The Balaban J connectivity index is 2.03. The highest BCUT2D eigenvalue weighted by Gasteiger charge is 2.22. The quantitative estimate of drug-likeness (QED) is 0.648. The number of piperidine rings is 1. The van der Waals surface area contributed by atoms with Crippen molar-refractivity contribution in [3.63, 3.8) is 0 Å². The van der Waals surface area contributed by atoms with Gasteiger partial charge in [0.05, 0.1) is 0 Å². The van der Waals surface area contributed by atoms with Gasteiger partial charge in [0.15, 0.2) is 0 Å². The summed E-state index contributed by atoms with van der Waals surface area (Å²) in [6, 6.07) is 1.80. The number of anilines is 3. The fraction of sp³-hybridized carbons (Fsp3) is 0.500. The lowest BCUT2D eigenvalue weighted by Gasteiger charge is -2.30. The maximum Gasteiger partial charge on any atom is 0.223 e. The van der Waals surface area contributed by atoms with E-state index in [-0.39, 0.29) is 17.9 Å². The summed E-state index contributed by atoms with van der Waals surface area (Å²) in [6.45, 7) is 0.655. The second-order valence-electron chi connectivity index (χ2n) is 4.19. The number of nitrogen functional groups attached to an aromatic ring is 2. The topological polar surface area (TPSA) is 110 Å². The lowest BCUT2D eigenvalue weighted by molar-refractivity contribution is -0.132. The fourth-order valence-corrected chi connectivity index (χ4v) is 1.90. The minimum Gasteiger partial charge on any atom is -0.383 e. The molecule has 1 atom stereocenters. The van der Waals surface area contributed by atoms with Crippen LogP contribution in [0.2, 0.25) is 0 Å². The number of nitrogens with zero attached hydrogens (tertiary/aromatic N) is 3. The molecule has 7 nitrogen and oxygen atoms in total. The minimum absolute atomic E-state index is 0.146. The van der Waals surface area contributed by atoms with E-state index in [4.69, 9.17) is 11.5 Å². The Morgan fingerprint density at radius 3 is 2.88 bits per heavy atom. The summed E-state index contributed by atoms with van der Waals surface area (Å²) in [5.41, 5.74) is 11.1. The van der Waals surface area contributed by atoms with Gasteiger partial charge in [-0.25, -0.2) is 0 Å². The smallest absolute Gasteiger partial charge is 0.223 e. The first kappa shape index (κ1) is 11.4. The van der Waals surface area contributed by atoms with Gasteiger partial charge in [-0.1, -0.05) is 0 Å². The van der Waals surface area contributed by atoms with Crippen molar-refractivity contribution in [3.05, 3.63) is 6.07 Å². The molecule has 1 aliphatic rings. The molecule has 0 bridgehead atoms. The normalized spacial score (nSPS) is 20.4. The molecule has 7 heteroatoms. The molecule has 0 aliphatic carbocycles. The zero-order chi connectivity index (χ0) is 12.4. The number of carbonyl (C=O) groups excluding carboxylic acids is 1. The van der Waals surface area contributed by atoms with Crippen molar-refractivity contribution in [2.75, 3.05) is 30.4 Å². The van der Waals surface area contributed by atoms with E-state index in [1.165, 1.54) is 0 Å². The van der Waals surface area contributed by atoms with Crippen LogP contribution in [0, 0.1) is 0 Å². The molecule has 1 aromatic rings. The van der Waals surface area contributed by atoms with Gasteiger partial charge in [-0.15, -0.1) is 0 Å². The summed E-state index contributed by atoms with van der Waals surface area (Å²) in [5.74, 6) is 1.25. The SMILES string of the molecule is CN1CC(Nc2cc(N)nc(N)n2)CCC1=O. The third-order valence-electron chi connectivity index (χ3n) is 2.74. The van der Waals surface area contributed by atoms with E-state index in [1.54, 1.807) is 18.0 Å². The average molecular weight is 236 g/mol. The summed E-state index contributed by atoms with van der Waals surface area (Å²) in [7, 11) is 1.79. The second-order valence-corrected chi connectivity index (χ2v) is 4.19. The summed E-state index contributed by atoms with van der Waals surface area (Å²) in [5, 5.41) is 3.21. The molecule has 1 amide bonds. The van der Waals surface area contributed by atoms with Crippen LogP contribution in [0.1, 0.15) is 12.8 Å². The molecule has 0 spiro atoms. The van der Waals surface area contributed by atoms with Crippen LogP contribution in [-0.2, 0) is 4.79 Å². The molecular weight excluding hydrogens is 220 g/mol. The second kappa shape index (κ2) is 4.44. The molecule has 17 heavy (non-hydrogen) atoms. The monoisotopic (exact) mass is 236 g/mol. The highest BCUT2D eigenvalue weighted by atomic mass is 16.2. The molecule has 1 unspecified atom stereocenters. The zero-order valence-electron chi connectivity index (χ0n) is 9.68. The van der Waals surface area contributed by atoms with E-state index < -0.39 is 0 Å². The zero-order valence-corrected chi connectivity index (χ0v) is 9.68. The number of amides is 1. The van der Waals surface area contributed by atoms with Crippen LogP contribution in [0.4, 0.5) is 17.6 Å². The van der Waals surface area contributed by atoms with Gasteiger partial charge < -0.3 is 21.7 Å². The maximum atomic E-state index is 11.3. The third-order valence-corrected chi connectivity index (χ3v) is 2.74. The molecule has 2 rings (SSSR count). The first-order chi connectivity index (χ1) is 8.04. The fourth-order valence-electron chi connectivity index (χ4n) is 1.90. The highest BCUT2D eigenvalue weighted by Crippen LogP contribution is 2.16. The molecule has 1 fully saturated rings. The molecule has 2 heterocycles. The number of hydrogen-bond donors (Lipinski definition) is 3. The number of aromatic nitrogens is 2. The predicted octanol–water partition coefficient (Wildman–Crippen LogP) is -0.326. The molecule has 0 saturated carbocycles. The summed E-state index contributed by atoms with van der Waals surface area (Å²) < 4.78 is 0. The van der Waals surface area contributed by atoms with Crippen molar-refractivity contribution in [3.8, 4) is 0 Å². The Labute approximate surface area is 99.2 Å². The maximum absolute atomic E-state index is 11.3. The average Bonchev–Trinajstić information content (AvgIpc) is 2.22. The Hall–Kier alpha value is -2.05. The number of carbonyl (C=O) groups is 1. The number of likely N-dealkylation sites (N-methyl/N-ethyl adjacent to an activating group) is 1. The van der Waals surface area contributed by atoms with Crippen LogP contribution < -0.4 is 16.8 Å². The van der Waals surface area contributed by atoms with Crippen molar-refractivity contribution in [1.82, 2.24) is 14.9 Å². The van der Waals surface area contributed by atoms with E-state index in [0.29, 0.717) is 24.6 Å². The summed E-state index contributed by atoms with van der Waals surface area (Å²) >= 11 is 0. The van der Waals surface area contributed by atoms with Crippen molar-refractivity contribution >= 4 is 23.5 Å². The van der Waals surface area contributed by atoms with Crippen LogP contribution in [0.3, 0.4) is 0 Å². The van der Waals surface area contributed by atoms with Gasteiger partial charge in [0.25, 0.3) is 0 Å². The number of rotatable bonds is 2. The number of nitrogens with one attached hydrogen (secondary N) is 1. The van der Waals surface area contributed by atoms with Crippen LogP contribution in [0.15, 0.2) is 6.07 Å². The Morgan fingerprint density at radius 1 is 1.47 bits per heavy atom. The van der Waals surface area contributed by atoms with E-state index in [0.717, 1.165) is 6.42 Å². The van der Waals surface area contributed by atoms with Gasteiger partial charge in [0.2, 0.25) is 11.9 Å². The largest absolute Gasteiger partial charge is 0.383 e. The van der Waals surface area contributed by atoms with Gasteiger partial charge in [-0.2, -0.15) is 9.97 Å². The van der Waals surface area contributed by atoms with E-state index in [9.17, 15) is 4.79 Å². The van der Waals surface area contributed by atoms with Gasteiger partial charge >= 0.3 is 0 Å². The van der Waals surface area contributed by atoms with Gasteiger partial charge in [-0.05, 0) is 6.42 Å². The van der Waals surface area contributed by atoms with E-state index >= 15 is 0 Å². The summed E-state index contributed by atoms with van der Waals surface area (Å²) in [6.07, 6.45) is 1.33. The van der Waals surface area contributed by atoms with Crippen molar-refractivity contribution in [1.29, 1.82) is 0 Å². The standard InChI is InChI=1S/C10H16N6O/c1-16-5-6(2-3-9(16)17)13-8-4-7(11)14-10(12)15-8/h4,6H,2-3,5H2,1H3,(H5,11,12,13,14,15). The van der Waals surface area contributed by atoms with Crippen LogP contribution in [0.5, 0.6) is 0 Å².